The van der Waals surface area contributed by atoms with Crippen LogP contribution in [0.4, 0.5) is 10.1 Å². The Kier molecular flexibility index (Phi) is 6.77. The highest BCUT2D eigenvalue weighted by Gasteiger charge is 2.22. The van der Waals surface area contributed by atoms with E-state index in [0.717, 1.165) is 32.7 Å². The first-order chi connectivity index (χ1) is 15.4. The molecule has 2 heterocycles. The second kappa shape index (κ2) is 9.71. The summed E-state index contributed by atoms with van der Waals surface area (Å²) in [7, 11) is 0. The van der Waals surface area contributed by atoms with Crippen LogP contribution in [0.3, 0.4) is 0 Å². The molecule has 0 bridgehead atoms. The molecule has 4 rings (SSSR count). The number of anilines is 1. The van der Waals surface area contributed by atoms with E-state index >= 15 is 0 Å². The van der Waals surface area contributed by atoms with Crippen LogP contribution in [0.2, 0.25) is 5.15 Å². The Morgan fingerprint density at radius 3 is 2.47 bits per heavy atom. The molecule has 8 heteroatoms. The second-order valence-electron chi connectivity index (χ2n) is 8.06. The minimum Gasteiger partial charge on any atom is -0.369 e. The highest BCUT2D eigenvalue weighted by molar-refractivity contribution is 6.33. The molecular weight excluding hydrogens is 429 g/mol. The first kappa shape index (κ1) is 22.3. The number of halogens is 2. The van der Waals surface area contributed by atoms with Gasteiger partial charge in [-0.2, -0.15) is 5.10 Å². The lowest BCUT2D eigenvalue weighted by atomic mass is 10.2. The molecule has 0 saturated carbocycles. The highest BCUT2D eigenvalue weighted by Crippen LogP contribution is 2.23. The number of piperazine rings is 1. The lowest BCUT2D eigenvalue weighted by Gasteiger charge is -2.36. The van der Waals surface area contributed by atoms with Crippen LogP contribution in [0, 0.1) is 19.7 Å². The van der Waals surface area contributed by atoms with Gasteiger partial charge in [0.2, 0.25) is 0 Å². The van der Waals surface area contributed by atoms with E-state index in [1.165, 1.54) is 28.1 Å². The Bertz CT molecular complexity index is 1090. The molecule has 0 aliphatic carbocycles. The maximum atomic E-state index is 13.2. The van der Waals surface area contributed by atoms with E-state index in [9.17, 15) is 9.18 Å². The number of amides is 1. The molecule has 6 nitrogen and oxygen atoms in total. The van der Waals surface area contributed by atoms with Gasteiger partial charge in [-0.25, -0.2) is 9.07 Å². The molecule has 32 heavy (non-hydrogen) atoms. The van der Waals surface area contributed by atoms with Crippen LogP contribution in [0.1, 0.15) is 21.6 Å². The molecule has 0 atom stereocenters. The molecule has 1 aliphatic rings. The second-order valence-corrected chi connectivity index (χ2v) is 8.42. The van der Waals surface area contributed by atoms with Gasteiger partial charge in [0.05, 0.1) is 16.9 Å². The predicted molar refractivity (Wildman–Crippen MR) is 125 cm³/mol. The lowest BCUT2D eigenvalue weighted by molar-refractivity contribution is 0.0947. The Morgan fingerprint density at radius 1 is 1.06 bits per heavy atom. The molecule has 0 unspecified atom stereocenters. The summed E-state index contributed by atoms with van der Waals surface area (Å²) in [4.78, 5) is 17.5. The Morgan fingerprint density at radius 2 is 1.78 bits per heavy atom. The van der Waals surface area contributed by atoms with E-state index in [1.807, 2.05) is 0 Å². The number of carbonyl (C=O) groups excluding carboxylic acids is 1. The van der Waals surface area contributed by atoms with E-state index in [-0.39, 0.29) is 16.9 Å². The number of aryl methyl sites for hydroxylation is 2. The number of benzene rings is 2. The molecule has 1 saturated heterocycles. The van der Waals surface area contributed by atoms with Crippen LogP contribution in [-0.4, -0.2) is 59.9 Å². The fourth-order valence-corrected chi connectivity index (χ4v) is 4.34. The highest BCUT2D eigenvalue weighted by atomic mass is 35.5. The summed E-state index contributed by atoms with van der Waals surface area (Å²) in [6, 6.07) is 14.4. The Labute approximate surface area is 192 Å². The van der Waals surface area contributed by atoms with E-state index < -0.39 is 0 Å². The number of hydrogen-bond acceptors (Lipinski definition) is 4. The summed E-state index contributed by atoms with van der Waals surface area (Å²) >= 11 is 6.44. The third-order valence-electron chi connectivity index (χ3n) is 5.75. The number of nitrogens with zero attached hydrogens (tertiary/aromatic N) is 4. The maximum absolute atomic E-state index is 13.2. The van der Waals surface area contributed by atoms with Crippen molar-refractivity contribution in [1.82, 2.24) is 20.0 Å². The standard InChI is InChI=1S/C24H27ClFN5O/c1-17-4-3-5-21(16-17)30-14-12-29(13-15-30)11-10-27-24(32)22-18(2)28-31(23(22)25)20-8-6-19(26)7-9-20/h3-9,16H,10-15H2,1-2H3,(H,27,32). The van der Waals surface area contributed by atoms with Crippen LogP contribution >= 0.6 is 11.6 Å². The van der Waals surface area contributed by atoms with Crippen LogP contribution in [0.15, 0.2) is 48.5 Å². The fraction of sp³-hybridized carbons (Fsp3) is 0.333. The number of aromatic nitrogens is 2. The van der Waals surface area contributed by atoms with Crippen molar-refractivity contribution in [3.05, 3.63) is 76.3 Å². The minimum absolute atomic E-state index is 0.221. The normalized spacial score (nSPS) is 14.6. The zero-order valence-corrected chi connectivity index (χ0v) is 19.1. The summed E-state index contributed by atoms with van der Waals surface area (Å²) in [5.41, 5.74) is 4.01. The Hall–Kier alpha value is -2.90. The summed E-state index contributed by atoms with van der Waals surface area (Å²) in [6.45, 7) is 8.99. The molecule has 1 N–H and O–H groups in total. The van der Waals surface area contributed by atoms with Crippen molar-refractivity contribution >= 4 is 23.2 Å². The zero-order chi connectivity index (χ0) is 22.7. The third-order valence-corrected chi connectivity index (χ3v) is 6.10. The van der Waals surface area contributed by atoms with Gasteiger partial charge in [-0.3, -0.25) is 9.69 Å². The first-order valence-corrected chi connectivity index (χ1v) is 11.1. The molecule has 1 amide bonds. The van der Waals surface area contributed by atoms with E-state index in [4.69, 9.17) is 11.6 Å². The van der Waals surface area contributed by atoms with Crippen molar-refractivity contribution < 1.29 is 9.18 Å². The quantitative estimate of drug-likeness (QED) is 0.613. The summed E-state index contributed by atoms with van der Waals surface area (Å²) in [6.07, 6.45) is 0. The molecule has 1 aromatic heterocycles. The monoisotopic (exact) mass is 455 g/mol. The third kappa shape index (κ3) is 4.95. The predicted octanol–water partition coefficient (Wildman–Crippen LogP) is 3.83. The Balaban J connectivity index is 1.30. The van der Waals surface area contributed by atoms with E-state index in [1.54, 1.807) is 19.1 Å². The lowest BCUT2D eigenvalue weighted by Crippen LogP contribution is -2.48. The van der Waals surface area contributed by atoms with Gasteiger partial charge in [0, 0.05) is 45.0 Å². The average molecular weight is 456 g/mol. The molecule has 1 fully saturated rings. The molecule has 3 aromatic rings. The van der Waals surface area contributed by atoms with E-state index in [0.29, 0.717) is 23.5 Å². The number of nitrogens with one attached hydrogen (secondary N) is 1. The van der Waals surface area contributed by atoms with Crippen molar-refractivity contribution in [1.29, 1.82) is 0 Å². The van der Waals surface area contributed by atoms with Crippen molar-refractivity contribution in [2.45, 2.75) is 13.8 Å². The molecular formula is C24H27ClFN5O. The van der Waals surface area contributed by atoms with Gasteiger partial charge in [0.25, 0.3) is 5.91 Å². The van der Waals surface area contributed by atoms with Gasteiger partial charge in [0.15, 0.2) is 0 Å². The van der Waals surface area contributed by atoms with Crippen molar-refractivity contribution in [2.75, 3.05) is 44.2 Å². The molecule has 0 radical (unpaired) electrons. The molecule has 2 aromatic carbocycles. The molecule has 168 valence electrons. The van der Waals surface area contributed by atoms with Gasteiger partial charge in [-0.05, 0) is 55.8 Å². The minimum atomic E-state index is -0.341. The largest absolute Gasteiger partial charge is 0.369 e. The van der Waals surface area contributed by atoms with Gasteiger partial charge in [0.1, 0.15) is 11.0 Å². The summed E-state index contributed by atoms with van der Waals surface area (Å²) < 4.78 is 14.7. The van der Waals surface area contributed by atoms with Gasteiger partial charge in [-0.1, -0.05) is 23.7 Å². The van der Waals surface area contributed by atoms with Crippen LogP contribution in [-0.2, 0) is 0 Å². The van der Waals surface area contributed by atoms with E-state index in [2.05, 4.69) is 51.4 Å². The van der Waals surface area contributed by atoms with Gasteiger partial charge < -0.3 is 10.2 Å². The SMILES string of the molecule is Cc1cccc(N2CCN(CCNC(=O)c3c(C)nn(-c4ccc(F)cc4)c3Cl)CC2)c1. The van der Waals surface area contributed by atoms with Crippen LogP contribution in [0.25, 0.3) is 5.69 Å². The van der Waals surface area contributed by atoms with Crippen LogP contribution in [0.5, 0.6) is 0 Å². The zero-order valence-electron chi connectivity index (χ0n) is 18.3. The topological polar surface area (TPSA) is 53.4 Å². The van der Waals surface area contributed by atoms with Gasteiger partial charge >= 0.3 is 0 Å². The maximum Gasteiger partial charge on any atom is 0.256 e. The van der Waals surface area contributed by atoms with Crippen molar-refractivity contribution in [2.24, 2.45) is 0 Å². The van der Waals surface area contributed by atoms with Crippen molar-refractivity contribution in [3.63, 3.8) is 0 Å². The summed E-state index contributed by atoms with van der Waals surface area (Å²) in [5, 5.41) is 7.54. The number of rotatable bonds is 6. The van der Waals surface area contributed by atoms with Crippen LogP contribution < -0.4 is 10.2 Å². The summed E-state index contributed by atoms with van der Waals surface area (Å²) in [5.74, 6) is -0.592. The average Bonchev–Trinajstić information content (AvgIpc) is 3.08. The van der Waals surface area contributed by atoms with Gasteiger partial charge in [-0.15, -0.1) is 0 Å². The molecule has 0 spiro atoms. The smallest absolute Gasteiger partial charge is 0.256 e. The number of hydrogen-bond donors (Lipinski definition) is 1. The fourth-order valence-electron chi connectivity index (χ4n) is 3.98. The van der Waals surface area contributed by atoms with Crippen molar-refractivity contribution in [3.8, 4) is 5.69 Å². The first-order valence-electron chi connectivity index (χ1n) is 10.8. The molecule has 1 aliphatic heterocycles. The number of carbonyl (C=O) groups is 1.